The highest BCUT2D eigenvalue weighted by Gasteiger charge is 2.22. The van der Waals surface area contributed by atoms with Crippen LogP contribution in [-0.2, 0) is 9.53 Å². The van der Waals surface area contributed by atoms with Gasteiger partial charge in [0, 0.05) is 31.9 Å². The van der Waals surface area contributed by atoms with Crippen LogP contribution < -0.4 is 10.1 Å². The third kappa shape index (κ3) is 7.02. The third-order valence-electron chi connectivity index (χ3n) is 4.15. The Kier molecular flexibility index (Phi) is 7.68. The molecule has 1 aromatic carbocycles. The molecule has 1 aliphatic heterocycles. The van der Waals surface area contributed by atoms with Crippen molar-refractivity contribution in [2.24, 2.45) is 5.92 Å². The minimum atomic E-state index is -0.0255. The first-order valence-electron chi connectivity index (χ1n) is 8.92. The van der Waals surface area contributed by atoms with E-state index in [0.29, 0.717) is 12.5 Å². The molecule has 1 N–H and O–H groups in total. The predicted molar refractivity (Wildman–Crippen MR) is 100 cm³/mol. The first kappa shape index (κ1) is 19.7. The van der Waals surface area contributed by atoms with E-state index >= 15 is 0 Å². The van der Waals surface area contributed by atoms with Crippen LogP contribution >= 0.6 is 0 Å². The maximum atomic E-state index is 12.2. The predicted octanol–water partition coefficient (Wildman–Crippen LogP) is 1.92. The van der Waals surface area contributed by atoms with Gasteiger partial charge in [-0.05, 0) is 37.2 Å². The molecule has 25 heavy (non-hydrogen) atoms. The van der Waals surface area contributed by atoms with Gasteiger partial charge in [-0.1, -0.05) is 13.8 Å². The summed E-state index contributed by atoms with van der Waals surface area (Å²) in [6, 6.07) is 7.34. The molecule has 1 fully saturated rings. The van der Waals surface area contributed by atoms with Crippen LogP contribution in [-0.4, -0.2) is 75.3 Å². The zero-order valence-corrected chi connectivity index (χ0v) is 15.8. The zero-order valence-electron chi connectivity index (χ0n) is 15.8. The van der Waals surface area contributed by atoms with Gasteiger partial charge in [-0.2, -0.15) is 0 Å². The normalized spacial score (nSPS) is 18.6. The SMILES string of the molecule is COc1ccc(NC(=O)CN(C)C[C@@H]2CN(CC(C)C)CCO2)cc1. The molecule has 6 nitrogen and oxygen atoms in total. The van der Waals surface area contributed by atoms with Gasteiger partial charge in [0.25, 0.3) is 0 Å². The molecule has 1 amide bonds. The van der Waals surface area contributed by atoms with Crippen LogP contribution in [0.5, 0.6) is 5.75 Å². The van der Waals surface area contributed by atoms with Gasteiger partial charge < -0.3 is 14.8 Å². The van der Waals surface area contributed by atoms with E-state index in [1.165, 1.54) is 0 Å². The molecule has 0 aliphatic carbocycles. The molecule has 1 heterocycles. The van der Waals surface area contributed by atoms with Gasteiger partial charge in [0.2, 0.25) is 5.91 Å². The van der Waals surface area contributed by atoms with Gasteiger partial charge in [-0.15, -0.1) is 0 Å². The number of likely N-dealkylation sites (N-methyl/N-ethyl adjacent to an activating group) is 1. The van der Waals surface area contributed by atoms with Crippen molar-refractivity contribution >= 4 is 11.6 Å². The van der Waals surface area contributed by atoms with Crippen LogP contribution in [0.4, 0.5) is 5.69 Å². The first-order valence-corrected chi connectivity index (χ1v) is 8.92. The van der Waals surface area contributed by atoms with Gasteiger partial charge >= 0.3 is 0 Å². The molecule has 6 heteroatoms. The maximum Gasteiger partial charge on any atom is 0.238 e. The molecular formula is C19H31N3O3. The molecule has 2 rings (SSSR count). The number of rotatable bonds is 8. The van der Waals surface area contributed by atoms with Crippen molar-refractivity contribution in [3.63, 3.8) is 0 Å². The van der Waals surface area contributed by atoms with E-state index in [1.807, 2.05) is 36.2 Å². The Balaban J connectivity index is 1.74. The van der Waals surface area contributed by atoms with E-state index in [9.17, 15) is 4.79 Å². The van der Waals surface area contributed by atoms with E-state index in [4.69, 9.17) is 9.47 Å². The number of hydrogen-bond acceptors (Lipinski definition) is 5. The molecule has 0 spiro atoms. The summed E-state index contributed by atoms with van der Waals surface area (Å²) < 4.78 is 11.0. The van der Waals surface area contributed by atoms with Crippen molar-refractivity contribution < 1.29 is 14.3 Å². The fourth-order valence-corrected chi connectivity index (χ4v) is 3.11. The maximum absolute atomic E-state index is 12.2. The molecule has 1 aliphatic rings. The Hall–Kier alpha value is -1.63. The second-order valence-corrected chi connectivity index (χ2v) is 7.12. The molecule has 1 atom stereocenters. The number of morpholine rings is 1. The summed E-state index contributed by atoms with van der Waals surface area (Å²) in [6.07, 6.45) is 0.159. The largest absolute Gasteiger partial charge is 0.497 e. The summed E-state index contributed by atoms with van der Waals surface area (Å²) in [5, 5.41) is 2.91. The lowest BCUT2D eigenvalue weighted by molar-refractivity contribution is -0.117. The highest BCUT2D eigenvalue weighted by atomic mass is 16.5. The van der Waals surface area contributed by atoms with E-state index in [2.05, 4.69) is 24.1 Å². The molecule has 0 unspecified atom stereocenters. The van der Waals surface area contributed by atoms with Crippen LogP contribution in [0.15, 0.2) is 24.3 Å². The average Bonchev–Trinajstić information content (AvgIpc) is 2.55. The van der Waals surface area contributed by atoms with Crippen LogP contribution in [0.25, 0.3) is 0 Å². The summed E-state index contributed by atoms with van der Waals surface area (Å²) in [7, 11) is 3.58. The highest BCUT2D eigenvalue weighted by Crippen LogP contribution is 2.15. The standard InChI is InChI=1S/C19H31N3O3/c1-15(2)11-22-9-10-25-18(13-22)12-21(3)14-19(23)20-16-5-7-17(24-4)8-6-16/h5-8,15,18H,9-14H2,1-4H3,(H,20,23)/t18-/m1/s1. The Labute approximate surface area is 151 Å². The van der Waals surface area contributed by atoms with Gasteiger partial charge in [0.05, 0.1) is 26.4 Å². The van der Waals surface area contributed by atoms with Crippen molar-refractivity contribution in [3.8, 4) is 5.75 Å². The molecule has 0 radical (unpaired) electrons. The Bertz CT molecular complexity index is 533. The highest BCUT2D eigenvalue weighted by molar-refractivity contribution is 5.92. The van der Waals surface area contributed by atoms with Gasteiger partial charge in [-0.3, -0.25) is 14.6 Å². The van der Waals surface area contributed by atoms with Crippen LogP contribution in [0.1, 0.15) is 13.8 Å². The van der Waals surface area contributed by atoms with E-state index in [0.717, 1.165) is 44.2 Å². The number of ether oxygens (including phenoxy) is 2. The molecule has 0 bridgehead atoms. The fourth-order valence-electron chi connectivity index (χ4n) is 3.11. The Morgan fingerprint density at radius 1 is 1.40 bits per heavy atom. The topological polar surface area (TPSA) is 54.0 Å². The smallest absolute Gasteiger partial charge is 0.238 e. The summed E-state index contributed by atoms with van der Waals surface area (Å²) in [6.45, 7) is 9.37. The van der Waals surface area contributed by atoms with Crippen LogP contribution in [0.2, 0.25) is 0 Å². The third-order valence-corrected chi connectivity index (χ3v) is 4.15. The van der Waals surface area contributed by atoms with Crippen molar-refractivity contribution in [3.05, 3.63) is 24.3 Å². The van der Waals surface area contributed by atoms with Crippen molar-refractivity contribution in [2.75, 3.05) is 58.8 Å². The van der Waals surface area contributed by atoms with Gasteiger partial charge in [-0.25, -0.2) is 0 Å². The minimum Gasteiger partial charge on any atom is -0.497 e. The average molecular weight is 349 g/mol. The molecule has 0 aromatic heterocycles. The van der Waals surface area contributed by atoms with Crippen molar-refractivity contribution in [1.82, 2.24) is 9.80 Å². The fraction of sp³-hybridized carbons (Fsp3) is 0.632. The van der Waals surface area contributed by atoms with E-state index < -0.39 is 0 Å². The minimum absolute atomic E-state index is 0.0255. The lowest BCUT2D eigenvalue weighted by atomic mass is 10.1. The summed E-state index contributed by atoms with van der Waals surface area (Å²) in [5.41, 5.74) is 0.774. The second kappa shape index (κ2) is 9.75. The van der Waals surface area contributed by atoms with Gasteiger partial charge in [0.1, 0.15) is 5.75 Å². The monoisotopic (exact) mass is 349 g/mol. The summed E-state index contributed by atoms with van der Waals surface area (Å²) >= 11 is 0. The van der Waals surface area contributed by atoms with Crippen molar-refractivity contribution in [2.45, 2.75) is 20.0 Å². The lowest BCUT2D eigenvalue weighted by Crippen LogP contribution is -2.48. The van der Waals surface area contributed by atoms with Crippen LogP contribution in [0, 0.1) is 5.92 Å². The lowest BCUT2D eigenvalue weighted by Gasteiger charge is -2.35. The molecule has 140 valence electrons. The summed E-state index contributed by atoms with van der Waals surface area (Å²) in [4.78, 5) is 16.7. The quantitative estimate of drug-likeness (QED) is 0.777. The van der Waals surface area contributed by atoms with E-state index in [-0.39, 0.29) is 12.0 Å². The molecular weight excluding hydrogens is 318 g/mol. The number of benzene rings is 1. The molecule has 1 aromatic rings. The van der Waals surface area contributed by atoms with Gasteiger partial charge in [0.15, 0.2) is 0 Å². The second-order valence-electron chi connectivity index (χ2n) is 7.12. The Morgan fingerprint density at radius 2 is 2.12 bits per heavy atom. The molecule has 1 saturated heterocycles. The number of nitrogens with one attached hydrogen (secondary N) is 1. The zero-order chi connectivity index (χ0) is 18.2. The number of carbonyl (C=O) groups is 1. The number of hydrogen-bond donors (Lipinski definition) is 1. The van der Waals surface area contributed by atoms with Crippen LogP contribution in [0.3, 0.4) is 0 Å². The summed E-state index contributed by atoms with van der Waals surface area (Å²) in [5.74, 6) is 1.41. The number of amides is 1. The van der Waals surface area contributed by atoms with Crippen molar-refractivity contribution in [1.29, 1.82) is 0 Å². The number of nitrogens with zero attached hydrogens (tertiary/aromatic N) is 2. The number of methoxy groups -OCH3 is 1. The number of anilines is 1. The van der Waals surface area contributed by atoms with E-state index in [1.54, 1.807) is 7.11 Å². The first-order chi connectivity index (χ1) is 12.0. The molecule has 0 saturated carbocycles. The Morgan fingerprint density at radius 3 is 2.76 bits per heavy atom. The number of carbonyl (C=O) groups excluding carboxylic acids is 1.